The second-order valence-electron chi connectivity index (χ2n) is 3.61. The molecule has 0 bridgehead atoms. The molecule has 1 aromatic rings. The van der Waals surface area contributed by atoms with Crippen LogP contribution in [-0.4, -0.2) is 26.2 Å². The van der Waals surface area contributed by atoms with E-state index in [2.05, 4.69) is 20.7 Å². The lowest BCUT2D eigenvalue weighted by molar-refractivity contribution is 0.253. The second kappa shape index (κ2) is 6.05. The number of aliphatic hydroxyl groups excluding tert-OH is 1. The van der Waals surface area contributed by atoms with E-state index in [1.54, 1.807) is 6.92 Å². The van der Waals surface area contributed by atoms with Crippen LogP contribution in [0.4, 0.5) is 8.78 Å². The van der Waals surface area contributed by atoms with Crippen LogP contribution >= 0.6 is 15.9 Å². The van der Waals surface area contributed by atoms with Crippen LogP contribution in [0.15, 0.2) is 21.5 Å². The molecule has 4 nitrogen and oxygen atoms in total. The monoisotopic (exact) mass is 343 g/mol. The third kappa shape index (κ3) is 3.47. The molecule has 2 N–H and O–H groups in total. The number of nitrogens with one attached hydrogen (secondary N) is 1. The van der Waals surface area contributed by atoms with E-state index in [0.29, 0.717) is 12.5 Å². The van der Waals surface area contributed by atoms with Crippen molar-refractivity contribution in [3.8, 4) is 0 Å². The van der Waals surface area contributed by atoms with Crippen molar-refractivity contribution in [3.05, 3.63) is 28.2 Å². The Morgan fingerprint density at radius 2 is 2.06 bits per heavy atom. The first kappa shape index (κ1) is 15.5. The lowest BCUT2D eigenvalue weighted by atomic mass is 10.3. The average Bonchev–Trinajstić information content (AvgIpc) is 2.23. The highest BCUT2D eigenvalue weighted by Crippen LogP contribution is 2.26. The molecule has 18 heavy (non-hydrogen) atoms. The first-order valence-corrected chi connectivity index (χ1v) is 7.37. The Labute approximate surface area is 112 Å². The second-order valence-corrected chi connectivity index (χ2v) is 6.11. The maximum atomic E-state index is 13.5. The third-order valence-electron chi connectivity index (χ3n) is 2.27. The van der Waals surface area contributed by atoms with Crippen molar-refractivity contribution >= 4 is 26.0 Å². The molecule has 102 valence electrons. The topological polar surface area (TPSA) is 66.4 Å². The van der Waals surface area contributed by atoms with E-state index in [0.717, 1.165) is 6.07 Å². The molecule has 0 fully saturated rings. The first-order chi connectivity index (χ1) is 8.31. The largest absolute Gasteiger partial charge is 0.395 e. The minimum Gasteiger partial charge on any atom is -0.395 e. The van der Waals surface area contributed by atoms with Crippen LogP contribution in [0.25, 0.3) is 0 Å². The number of aliphatic hydroxyl groups is 1. The summed E-state index contributed by atoms with van der Waals surface area (Å²) in [5.41, 5.74) is 0. The molecule has 0 aliphatic carbocycles. The number of halogens is 3. The van der Waals surface area contributed by atoms with Gasteiger partial charge in [-0.1, -0.05) is 6.92 Å². The van der Waals surface area contributed by atoms with Gasteiger partial charge >= 0.3 is 0 Å². The van der Waals surface area contributed by atoms with E-state index in [9.17, 15) is 17.2 Å². The molecule has 0 unspecified atom stereocenters. The van der Waals surface area contributed by atoms with Crippen molar-refractivity contribution in [1.29, 1.82) is 0 Å². The normalized spacial score (nSPS) is 13.6. The minimum absolute atomic E-state index is 0.208. The van der Waals surface area contributed by atoms with Gasteiger partial charge in [0.1, 0.15) is 16.5 Å². The lowest BCUT2D eigenvalue weighted by Gasteiger charge is -2.15. The lowest BCUT2D eigenvalue weighted by Crippen LogP contribution is -2.37. The summed E-state index contributed by atoms with van der Waals surface area (Å²) in [6.07, 6.45) is 0.343. The molecule has 0 aliphatic rings. The highest BCUT2D eigenvalue weighted by molar-refractivity contribution is 9.10. The van der Waals surface area contributed by atoms with Gasteiger partial charge in [-0.2, -0.15) is 0 Å². The summed E-state index contributed by atoms with van der Waals surface area (Å²) in [5.74, 6) is -2.07. The quantitative estimate of drug-likeness (QED) is 0.856. The molecular formula is C10H12BrF2NO3S. The summed E-state index contributed by atoms with van der Waals surface area (Å²) in [7, 11) is -4.16. The van der Waals surface area contributed by atoms with Crippen LogP contribution < -0.4 is 4.72 Å². The molecule has 1 aromatic carbocycles. The highest BCUT2D eigenvalue weighted by atomic mass is 79.9. The van der Waals surface area contributed by atoms with Gasteiger partial charge in [0.15, 0.2) is 0 Å². The average molecular weight is 344 g/mol. The van der Waals surface area contributed by atoms with Crippen LogP contribution in [0.3, 0.4) is 0 Å². The van der Waals surface area contributed by atoms with Crippen LogP contribution in [0.5, 0.6) is 0 Å². The number of benzene rings is 1. The van der Waals surface area contributed by atoms with E-state index >= 15 is 0 Å². The van der Waals surface area contributed by atoms with Crippen LogP contribution in [0, 0.1) is 11.6 Å². The molecule has 0 saturated carbocycles. The van der Waals surface area contributed by atoms with Gasteiger partial charge in [0, 0.05) is 16.6 Å². The molecule has 1 rings (SSSR count). The number of rotatable bonds is 5. The maximum absolute atomic E-state index is 13.5. The molecule has 0 heterocycles. The van der Waals surface area contributed by atoms with Crippen molar-refractivity contribution in [2.24, 2.45) is 0 Å². The Balaban J connectivity index is 3.21. The van der Waals surface area contributed by atoms with E-state index in [1.807, 2.05) is 0 Å². The van der Waals surface area contributed by atoms with Crippen molar-refractivity contribution in [3.63, 3.8) is 0 Å². The SMILES string of the molecule is CC[C@H](CO)NS(=O)(=O)c1c(F)cc(F)cc1Br. The first-order valence-electron chi connectivity index (χ1n) is 5.09. The van der Waals surface area contributed by atoms with Crippen LogP contribution in [-0.2, 0) is 10.0 Å². The van der Waals surface area contributed by atoms with Gasteiger partial charge < -0.3 is 5.11 Å². The zero-order valence-corrected chi connectivity index (χ0v) is 11.9. The molecule has 0 amide bonds. The van der Waals surface area contributed by atoms with E-state index in [1.165, 1.54) is 0 Å². The molecule has 0 aromatic heterocycles. The molecule has 8 heteroatoms. The van der Waals surface area contributed by atoms with Gasteiger partial charge in [-0.25, -0.2) is 21.9 Å². The zero-order chi connectivity index (χ0) is 13.9. The molecule has 0 spiro atoms. The number of hydrogen-bond donors (Lipinski definition) is 2. The number of sulfonamides is 1. The van der Waals surface area contributed by atoms with Crippen LogP contribution in [0.1, 0.15) is 13.3 Å². The third-order valence-corrected chi connectivity index (χ3v) is 4.75. The summed E-state index contributed by atoms with van der Waals surface area (Å²) in [4.78, 5) is -0.671. The predicted molar refractivity (Wildman–Crippen MR) is 65.5 cm³/mol. The van der Waals surface area contributed by atoms with Crippen molar-refractivity contribution in [2.45, 2.75) is 24.3 Å². The molecule has 0 aliphatic heterocycles. The fourth-order valence-electron chi connectivity index (χ4n) is 1.31. The van der Waals surface area contributed by atoms with Crippen molar-refractivity contribution in [2.75, 3.05) is 6.61 Å². The molecular weight excluding hydrogens is 332 g/mol. The smallest absolute Gasteiger partial charge is 0.244 e. The Bertz CT molecular complexity index is 509. The molecule has 0 radical (unpaired) electrons. The predicted octanol–water partition coefficient (Wildman–Crippen LogP) is 1.78. The Hall–Kier alpha value is -0.570. The summed E-state index contributed by atoms with van der Waals surface area (Å²) in [6, 6.07) is 0.628. The standard InChI is InChI=1S/C10H12BrF2NO3S/c1-2-7(5-15)14-18(16,17)10-8(11)3-6(12)4-9(10)13/h3-4,7,14-15H,2,5H2,1H3/t7-/m1/s1. The summed E-state index contributed by atoms with van der Waals surface area (Å²) >= 11 is 2.81. The van der Waals surface area contributed by atoms with Gasteiger partial charge in [0.25, 0.3) is 0 Å². The minimum atomic E-state index is -4.16. The Kier molecular flexibility index (Phi) is 5.20. The van der Waals surface area contributed by atoms with Crippen LogP contribution in [0.2, 0.25) is 0 Å². The van der Waals surface area contributed by atoms with E-state index < -0.39 is 39.2 Å². The molecule has 0 saturated heterocycles. The molecule has 1 atom stereocenters. The fraction of sp³-hybridized carbons (Fsp3) is 0.400. The maximum Gasteiger partial charge on any atom is 0.244 e. The summed E-state index contributed by atoms with van der Waals surface area (Å²) in [6.45, 7) is 1.26. The van der Waals surface area contributed by atoms with Gasteiger partial charge in [-0.05, 0) is 28.4 Å². The highest BCUT2D eigenvalue weighted by Gasteiger charge is 2.25. The summed E-state index contributed by atoms with van der Waals surface area (Å²) < 4.78 is 52.1. The van der Waals surface area contributed by atoms with Gasteiger partial charge in [0.2, 0.25) is 10.0 Å². The summed E-state index contributed by atoms with van der Waals surface area (Å²) in [5, 5.41) is 8.93. The van der Waals surface area contributed by atoms with E-state index in [-0.39, 0.29) is 4.47 Å². The van der Waals surface area contributed by atoms with Gasteiger partial charge in [0.05, 0.1) is 6.61 Å². The Morgan fingerprint density at radius 1 is 1.44 bits per heavy atom. The zero-order valence-electron chi connectivity index (χ0n) is 9.45. The fourth-order valence-corrected chi connectivity index (χ4v) is 3.79. The van der Waals surface area contributed by atoms with Gasteiger partial charge in [-0.15, -0.1) is 0 Å². The van der Waals surface area contributed by atoms with E-state index in [4.69, 9.17) is 5.11 Å². The number of hydrogen-bond acceptors (Lipinski definition) is 3. The van der Waals surface area contributed by atoms with Crippen molar-refractivity contribution < 1.29 is 22.3 Å². The Morgan fingerprint density at radius 3 is 2.50 bits per heavy atom. The van der Waals surface area contributed by atoms with Gasteiger partial charge in [-0.3, -0.25) is 0 Å². The van der Waals surface area contributed by atoms with Crippen molar-refractivity contribution in [1.82, 2.24) is 4.72 Å².